The Bertz CT molecular complexity index is 498. The highest BCUT2D eigenvalue weighted by atomic mass is 32.1. The zero-order chi connectivity index (χ0) is 12.1. The lowest BCUT2D eigenvalue weighted by Gasteiger charge is -2.00. The zero-order valence-electron chi connectivity index (χ0n) is 8.84. The standard InChI is InChI=1S/C10H11N5OS/c16-9(15-17)6-12-8-5-13-10(14-8)7-1-3-11-4-2-7/h1-5,12,17H,6H2,(H,13,14)(H,15,16). The van der Waals surface area contributed by atoms with Gasteiger partial charge in [0.05, 0.1) is 12.7 Å². The molecule has 0 unspecified atom stereocenters. The summed E-state index contributed by atoms with van der Waals surface area (Å²) in [5.41, 5.74) is 0.937. The molecule has 17 heavy (non-hydrogen) atoms. The topological polar surface area (TPSA) is 82.7 Å². The van der Waals surface area contributed by atoms with Gasteiger partial charge in [0, 0.05) is 18.0 Å². The molecule has 0 aliphatic carbocycles. The fourth-order valence-electron chi connectivity index (χ4n) is 1.28. The first kappa shape index (κ1) is 11.5. The van der Waals surface area contributed by atoms with Crippen LogP contribution in [0.2, 0.25) is 0 Å². The van der Waals surface area contributed by atoms with Gasteiger partial charge in [0.1, 0.15) is 11.6 Å². The number of amides is 1. The van der Waals surface area contributed by atoms with Crippen LogP contribution in [-0.2, 0) is 4.79 Å². The fourth-order valence-corrected chi connectivity index (χ4v) is 1.36. The maximum atomic E-state index is 11.0. The van der Waals surface area contributed by atoms with Crippen LogP contribution in [0.15, 0.2) is 30.7 Å². The Morgan fingerprint density at radius 3 is 2.88 bits per heavy atom. The summed E-state index contributed by atoms with van der Waals surface area (Å²) < 4.78 is 2.22. The molecular weight excluding hydrogens is 238 g/mol. The van der Waals surface area contributed by atoms with Crippen LogP contribution in [0.25, 0.3) is 11.4 Å². The average Bonchev–Trinajstić information content (AvgIpc) is 2.86. The van der Waals surface area contributed by atoms with Crippen molar-refractivity contribution in [3.63, 3.8) is 0 Å². The van der Waals surface area contributed by atoms with E-state index >= 15 is 0 Å². The Kier molecular flexibility index (Phi) is 3.61. The number of carbonyl (C=O) groups is 1. The minimum atomic E-state index is -0.214. The summed E-state index contributed by atoms with van der Waals surface area (Å²) in [6.45, 7) is 0.140. The molecule has 0 aliphatic rings. The van der Waals surface area contributed by atoms with Crippen LogP contribution in [-0.4, -0.2) is 27.4 Å². The summed E-state index contributed by atoms with van der Waals surface area (Å²) in [4.78, 5) is 22.1. The SMILES string of the molecule is O=C(CNc1cnc(-c2ccncc2)[nH]1)NS. The molecule has 0 atom stereocenters. The van der Waals surface area contributed by atoms with Crippen molar-refractivity contribution in [1.82, 2.24) is 19.7 Å². The van der Waals surface area contributed by atoms with E-state index in [4.69, 9.17) is 0 Å². The molecule has 0 aliphatic heterocycles. The molecule has 3 N–H and O–H groups in total. The number of H-pyrrole nitrogens is 1. The first-order valence-electron chi connectivity index (χ1n) is 4.92. The molecule has 7 heteroatoms. The predicted molar refractivity (Wildman–Crippen MR) is 67.4 cm³/mol. The summed E-state index contributed by atoms with van der Waals surface area (Å²) in [5, 5.41) is 2.89. The van der Waals surface area contributed by atoms with Crippen LogP contribution in [0.1, 0.15) is 0 Å². The van der Waals surface area contributed by atoms with Gasteiger partial charge in [0.2, 0.25) is 5.91 Å². The maximum Gasteiger partial charge on any atom is 0.248 e. The number of hydrogen-bond acceptors (Lipinski definition) is 5. The number of carbonyl (C=O) groups excluding carboxylic acids is 1. The molecular formula is C10H11N5OS. The molecule has 2 rings (SSSR count). The van der Waals surface area contributed by atoms with Crippen molar-refractivity contribution in [3.8, 4) is 11.4 Å². The van der Waals surface area contributed by atoms with Gasteiger partial charge in [-0.2, -0.15) is 0 Å². The molecule has 0 radical (unpaired) electrons. The van der Waals surface area contributed by atoms with Crippen LogP contribution < -0.4 is 10.0 Å². The summed E-state index contributed by atoms with van der Waals surface area (Å²) in [7, 11) is 0. The van der Waals surface area contributed by atoms with Gasteiger partial charge in [-0.15, -0.1) is 0 Å². The van der Waals surface area contributed by atoms with Crippen molar-refractivity contribution in [1.29, 1.82) is 0 Å². The van der Waals surface area contributed by atoms with Crippen molar-refractivity contribution in [3.05, 3.63) is 30.7 Å². The second kappa shape index (κ2) is 5.35. The highest BCUT2D eigenvalue weighted by Gasteiger charge is 2.04. The summed E-state index contributed by atoms with van der Waals surface area (Å²) in [5.74, 6) is 1.18. The van der Waals surface area contributed by atoms with Crippen LogP contribution in [0, 0.1) is 0 Å². The normalized spacial score (nSPS) is 9.94. The van der Waals surface area contributed by atoms with E-state index in [1.165, 1.54) is 0 Å². The largest absolute Gasteiger partial charge is 0.361 e. The minimum Gasteiger partial charge on any atom is -0.361 e. The number of aromatic nitrogens is 3. The van der Waals surface area contributed by atoms with E-state index in [9.17, 15) is 4.79 Å². The smallest absolute Gasteiger partial charge is 0.248 e. The van der Waals surface area contributed by atoms with Crippen molar-refractivity contribution < 1.29 is 4.79 Å². The third kappa shape index (κ3) is 2.97. The van der Waals surface area contributed by atoms with E-state index in [0.717, 1.165) is 11.4 Å². The van der Waals surface area contributed by atoms with Gasteiger partial charge < -0.3 is 15.0 Å². The van der Waals surface area contributed by atoms with E-state index in [0.29, 0.717) is 5.82 Å². The van der Waals surface area contributed by atoms with Gasteiger partial charge in [0.25, 0.3) is 0 Å². The third-order valence-corrected chi connectivity index (χ3v) is 2.34. The molecule has 88 valence electrons. The van der Waals surface area contributed by atoms with E-state index in [1.54, 1.807) is 18.6 Å². The van der Waals surface area contributed by atoms with Gasteiger partial charge in [-0.05, 0) is 12.1 Å². The van der Waals surface area contributed by atoms with Crippen LogP contribution in [0.3, 0.4) is 0 Å². The molecule has 0 aromatic carbocycles. The van der Waals surface area contributed by atoms with Crippen molar-refractivity contribution in [2.24, 2.45) is 0 Å². The van der Waals surface area contributed by atoms with Gasteiger partial charge in [0.15, 0.2) is 0 Å². The van der Waals surface area contributed by atoms with Crippen molar-refractivity contribution in [2.45, 2.75) is 0 Å². The molecule has 2 aromatic rings. The summed E-state index contributed by atoms with van der Waals surface area (Å²) in [6, 6.07) is 3.70. The predicted octanol–water partition coefficient (Wildman–Crippen LogP) is 0.845. The van der Waals surface area contributed by atoms with Gasteiger partial charge in [-0.1, -0.05) is 12.8 Å². The highest BCUT2D eigenvalue weighted by Crippen LogP contribution is 2.15. The molecule has 2 heterocycles. The monoisotopic (exact) mass is 249 g/mol. The molecule has 0 bridgehead atoms. The highest BCUT2D eigenvalue weighted by molar-refractivity contribution is 7.78. The Morgan fingerprint density at radius 2 is 2.18 bits per heavy atom. The minimum absolute atomic E-state index is 0.140. The van der Waals surface area contributed by atoms with Crippen LogP contribution >= 0.6 is 12.8 Å². The number of rotatable bonds is 4. The average molecular weight is 249 g/mol. The molecule has 6 nitrogen and oxygen atoms in total. The zero-order valence-corrected chi connectivity index (χ0v) is 9.74. The number of thiol groups is 1. The number of nitrogens with one attached hydrogen (secondary N) is 3. The van der Waals surface area contributed by atoms with Gasteiger partial charge in [-0.25, -0.2) is 4.98 Å². The molecule has 0 saturated carbocycles. The van der Waals surface area contributed by atoms with E-state index < -0.39 is 0 Å². The van der Waals surface area contributed by atoms with E-state index in [1.807, 2.05) is 12.1 Å². The lowest BCUT2D eigenvalue weighted by molar-refractivity contribution is -0.117. The number of imidazole rings is 1. The quantitative estimate of drug-likeness (QED) is 0.605. The summed E-state index contributed by atoms with van der Waals surface area (Å²) in [6.07, 6.45) is 5.01. The number of hydrogen-bond donors (Lipinski definition) is 4. The molecule has 1 amide bonds. The number of nitrogens with zero attached hydrogens (tertiary/aromatic N) is 2. The van der Waals surface area contributed by atoms with Crippen LogP contribution in [0.4, 0.5) is 5.82 Å². The Hall–Kier alpha value is -2.02. The fraction of sp³-hybridized carbons (Fsp3) is 0.100. The van der Waals surface area contributed by atoms with Crippen LogP contribution in [0.5, 0.6) is 0 Å². The van der Waals surface area contributed by atoms with E-state index in [2.05, 4.69) is 37.8 Å². The van der Waals surface area contributed by atoms with Gasteiger partial charge in [-0.3, -0.25) is 9.78 Å². The van der Waals surface area contributed by atoms with Crippen molar-refractivity contribution in [2.75, 3.05) is 11.9 Å². The Morgan fingerprint density at radius 1 is 1.41 bits per heavy atom. The third-order valence-electron chi connectivity index (χ3n) is 2.09. The second-order valence-electron chi connectivity index (χ2n) is 3.27. The number of pyridine rings is 1. The first-order valence-corrected chi connectivity index (χ1v) is 5.36. The lowest BCUT2D eigenvalue weighted by atomic mass is 10.3. The molecule has 0 saturated heterocycles. The first-order chi connectivity index (χ1) is 8.29. The molecule has 0 fully saturated rings. The number of anilines is 1. The summed E-state index contributed by atoms with van der Waals surface area (Å²) >= 11 is 3.65. The molecule has 0 spiro atoms. The van der Waals surface area contributed by atoms with Gasteiger partial charge >= 0.3 is 0 Å². The van der Waals surface area contributed by atoms with E-state index in [-0.39, 0.29) is 12.5 Å². The lowest BCUT2D eigenvalue weighted by Crippen LogP contribution is -2.22. The molecule has 2 aromatic heterocycles. The number of aromatic amines is 1. The maximum absolute atomic E-state index is 11.0. The second-order valence-corrected chi connectivity index (χ2v) is 3.49. The Labute approximate surface area is 103 Å². The Balaban J connectivity index is 2.04. The van der Waals surface area contributed by atoms with Crippen molar-refractivity contribution >= 4 is 24.5 Å².